The number of rotatable bonds is 24. The molecule has 2 aliphatic heterocycles. The molecule has 1 unspecified atom stereocenters. The highest BCUT2D eigenvalue weighted by Gasteiger charge is 2.40. The van der Waals surface area contributed by atoms with Gasteiger partial charge in [0.15, 0.2) is 0 Å². The second-order valence-electron chi connectivity index (χ2n) is 16.7. The van der Waals surface area contributed by atoms with Gasteiger partial charge in [-0.3, -0.25) is 9.35 Å². The molecule has 0 aliphatic carbocycles. The average Bonchev–Trinajstić information content (AvgIpc) is 3.38. The van der Waals surface area contributed by atoms with E-state index in [0.717, 1.165) is 104 Å². The minimum atomic E-state index is -4.38. The van der Waals surface area contributed by atoms with Crippen LogP contribution >= 0.6 is 11.6 Å². The predicted molar refractivity (Wildman–Crippen MR) is 237 cm³/mol. The van der Waals surface area contributed by atoms with Gasteiger partial charge in [0.1, 0.15) is 11.5 Å². The maximum absolute atomic E-state index is 12.5. The minimum absolute atomic E-state index is 0.00897. The lowest BCUT2D eigenvalue weighted by Crippen LogP contribution is -2.28. The first kappa shape index (κ1) is 47.3. The number of nitrogens with zero attached hydrogens (tertiary/aromatic N) is 2. The van der Waals surface area contributed by atoms with Gasteiger partial charge < -0.3 is 29.3 Å². The first-order chi connectivity index (χ1) is 27.6. The molecule has 0 saturated carbocycles. The third-order valence-electron chi connectivity index (χ3n) is 10.9. The van der Waals surface area contributed by atoms with E-state index in [1.165, 1.54) is 6.07 Å². The second-order valence-corrected chi connectivity index (χ2v) is 18.5. The van der Waals surface area contributed by atoms with Crippen molar-refractivity contribution in [1.82, 2.24) is 5.32 Å². The summed E-state index contributed by atoms with van der Waals surface area (Å²) in [5.41, 5.74) is 4.29. The average molecular weight is 843 g/mol. The Labute approximate surface area is 353 Å². The Balaban J connectivity index is 1.39. The summed E-state index contributed by atoms with van der Waals surface area (Å²) in [4.78, 5) is 17.0. The lowest BCUT2D eigenvalue weighted by molar-refractivity contribution is -0.121. The molecule has 0 fully saturated rings. The van der Waals surface area contributed by atoms with E-state index >= 15 is 0 Å². The molecule has 12 heteroatoms. The van der Waals surface area contributed by atoms with Crippen molar-refractivity contribution in [3.8, 4) is 5.75 Å². The monoisotopic (exact) mass is 841 g/mol. The van der Waals surface area contributed by atoms with Crippen LogP contribution in [0.3, 0.4) is 0 Å². The van der Waals surface area contributed by atoms with Crippen molar-refractivity contribution in [3.05, 3.63) is 83.3 Å². The molecule has 2 heterocycles. The topological polar surface area (TPSA) is 118 Å². The lowest BCUT2D eigenvalue weighted by Gasteiger charge is -2.31. The Morgan fingerprint density at radius 1 is 0.966 bits per heavy atom. The van der Waals surface area contributed by atoms with Gasteiger partial charge in [-0.25, -0.2) is 0 Å². The number of alkyl halides is 1. The zero-order valence-electron chi connectivity index (χ0n) is 35.9. The second kappa shape index (κ2) is 22.3. The van der Waals surface area contributed by atoms with Gasteiger partial charge in [0.25, 0.3) is 10.1 Å². The summed E-state index contributed by atoms with van der Waals surface area (Å²) in [6, 6.07) is 11.3. The van der Waals surface area contributed by atoms with Crippen LogP contribution < -0.4 is 19.9 Å². The fourth-order valence-electron chi connectivity index (χ4n) is 7.52. The van der Waals surface area contributed by atoms with Crippen molar-refractivity contribution in [2.45, 2.75) is 116 Å². The van der Waals surface area contributed by atoms with E-state index < -0.39 is 15.5 Å². The Morgan fingerprint density at radius 2 is 1.67 bits per heavy atom. The molecule has 1 atom stereocenters. The fourth-order valence-corrected chi connectivity index (χ4v) is 8.22. The summed E-state index contributed by atoms with van der Waals surface area (Å²) in [6.45, 7) is 20.2. The molecule has 2 N–H and O–H groups in total. The van der Waals surface area contributed by atoms with Crippen LogP contribution in [0, 0.1) is 5.41 Å². The number of hydrogen-bond donors (Lipinski definition) is 2. The zero-order chi connectivity index (χ0) is 42.3. The first-order valence-corrected chi connectivity index (χ1v) is 23.1. The van der Waals surface area contributed by atoms with Crippen molar-refractivity contribution in [2.75, 3.05) is 68.3 Å². The fraction of sp³-hybridized carbons (Fsp3) is 0.587. The number of unbranched alkanes of at least 4 members (excludes halogenated alkanes) is 5. The number of ether oxygens (including phenoxy) is 3. The van der Waals surface area contributed by atoms with Crippen LogP contribution in [-0.2, 0) is 29.8 Å². The van der Waals surface area contributed by atoms with Crippen molar-refractivity contribution < 1.29 is 32.0 Å². The van der Waals surface area contributed by atoms with Crippen LogP contribution in [0.4, 0.5) is 11.4 Å². The number of anilines is 2. The quantitative estimate of drug-likeness (QED) is 0.0605. The van der Waals surface area contributed by atoms with Crippen molar-refractivity contribution in [1.29, 1.82) is 0 Å². The Kier molecular flexibility index (Phi) is 18.2. The summed E-state index contributed by atoms with van der Waals surface area (Å²) in [5.74, 6) is 2.51. The van der Waals surface area contributed by atoms with Crippen molar-refractivity contribution in [3.63, 3.8) is 0 Å². The van der Waals surface area contributed by atoms with E-state index in [1.54, 1.807) is 12.1 Å². The summed E-state index contributed by atoms with van der Waals surface area (Å²) in [5, 5.41) is 2.95. The highest BCUT2D eigenvalue weighted by atomic mass is 35.5. The molecule has 2 aromatic rings. The molecule has 1 amide bonds. The van der Waals surface area contributed by atoms with Crippen LogP contribution in [0.25, 0.3) is 0 Å². The van der Waals surface area contributed by atoms with Crippen LogP contribution in [0.1, 0.15) is 117 Å². The van der Waals surface area contributed by atoms with Crippen molar-refractivity contribution >= 4 is 39.0 Å². The predicted octanol–water partition coefficient (Wildman–Crippen LogP) is 9.93. The molecule has 0 bridgehead atoms. The summed E-state index contributed by atoms with van der Waals surface area (Å²) >= 11 is 5.70. The standard InChI is InChI=1S/C46H68ClN3O7S/c1-8-49(9-2)36-21-23-38-35(32-43(45(3,4)5)57-41(38)33-36)18-17-19-42-46(6,7)39-34-37(58(52,53)54)22-24-40(39)50(42)27-15-12-13-20-44(51)48-26-29-56-31-30-55-28-16-11-10-14-25-47/h17-19,21-24,32-35H,8-16,20,25-31H2,1-7H3,(H,48,51)(H,52,53,54). The van der Waals surface area contributed by atoms with Crippen molar-refractivity contribution in [2.24, 2.45) is 5.41 Å². The van der Waals surface area contributed by atoms with Gasteiger partial charge in [0.2, 0.25) is 5.91 Å². The largest absolute Gasteiger partial charge is 0.461 e. The van der Waals surface area contributed by atoms with Crippen LogP contribution in [-0.4, -0.2) is 77.4 Å². The number of carbonyl (C=O) groups excluding carboxylic acids is 1. The molecule has 58 heavy (non-hydrogen) atoms. The molecule has 0 aromatic heterocycles. The maximum Gasteiger partial charge on any atom is 0.294 e. The third kappa shape index (κ3) is 13.3. The minimum Gasteiger partial charge on any atom is -0.461 e. The number of amides is 1. The van der Waals surface area contributed by atoms with Crippen LogP contribution in [0.5, 0.6) is 5.75 Å². The Hall–Kier alpha value is -3.35. The highest BCUT2D eigenvalue weighted by molar-refractivity contribution is 7.85. The van der Waals surface area contributed by atoms with E-state index in [9.17, 15) is 17.8 Å². The molecular formula is C46H68ClN3O7S. The normalized spacial score (nSPS) is 17.0. The van der Waals surface area contributed by atoms with Gasteiger partial charge in [0.05, 0.1) is 24.7 Å². The molecule has 0 saturated heterocycles. The van der Waals surface area contributed by atoms with Gasteiger partial charge >= 0.3 is 0 Å². The zero-order valence-corrected chi connectivity index (χ0v) is 37.5. The Morgan fingerprint density at radius 3 is 2.36 bits per heavy atom. The molecule has 322 valence electrons. The van der Waals surface area contributed by atoms with Crippen LogP contribution in [0.2, 0.25) is 0 Å². The van der Waals surface area contributed by atoms with E-state index in [0.29, 0.717) is 45.2 Å². The summed E-state index contributed by atoms with van der Waals surface area (Å²) in [7, 11) is -4.38. The number of fused-ring (bicyclic) bond motifs is 2. The summed E-state index contributed by atoms with van der Waals surface area (Å²) < 4.78 is 52.0. The SMILES string of the molecule is CCN(CC)c1ccc2c(c1)OC(C(C)(C)C)=CC2C=CC=C1N(CCCCCC(=O)NCCOCCOCCCCCCCl)c2ccc(S(=O)(=O)O)cc2C1(C)C. The van der Waals surface area contributed by atoms with Gasteiger partial charge in [-0.15, -0.1) is 11.6 Å². The lowest BCUT2D eigenvalue weighted by atomic mass is 9.83. The number of allylic oxidation sites excluding steroid dienone is 6. The number of nitrogens with one attached hydrogen (secondary N) is 1. The number of carbonyl (C=O) groups is 1. The number of halogens is 1. The molecular weight excluding hydrogens is 774 g/mol. The van der Waals surface area contributed by atoms with Gasteiger partial charge in [-0.2, -0.15) is 8.42 Å². The van der Waals surface area contributed by atoms with E-state index in [-0.39, 0.29) is 22.1 Å². The molecule has 10 nitrogen and oxygen atoms in total. The Bertz CT molecular complexity index is 1850. The van der Waals surface area contributed by atoms with E-state index in [1.807, 2.05) is 0 Å². The molecule has 0 radical (unpaired) electrons. The van der Waals surface area contributed by atoms with E-state index in [4.69, 9.17) is 25.8 Å². The number of benzene rings is 2. The first-order valence-electron chi connectivity index (χ1n) is 21.2. The van der Waals surface area contributed by atoms with Gasteiger partial charge in [0, 0.05) is 90.5 Å². The third-order valence-corrected chi connectivity index (χ3v) is 12.0. The van der Waals surface area contributed by atoms with Gasteiger partial charge in [-0.05, 0) is 81.5 Å². The molecule has 2 aromatic carbocycles. The van der Waals surface area contributed by atoms with E-state index in [2.05, 4.69) is 106 Å². The van der Waals surface area contributed by atoms with Crippen LogP contribution in [0.15, 0.2) is 77.1 Å². The maximum atomic E-state index is 12.5. The van der Waals surface area contributed by atoms with Gasteiger partial charge in [-0.1, -0.05) is 72.1 Å². The molecule has 2 aliphatic rings. The number of hydrogen-bond acceptors (Lipinski definition) is 8. The highest BCUT2D eigenvalue weighted by Crippen LogP contribution is 2.49. The molecule has 0 spiro atoms. The summed E-state index contributed by atoms with van der Waals surface area (Å²) in [6.07, 6.45) is 15.8. The molecule has 4 rings (SSSR count). The smallest absolute Gasteiger partial charge is 0.294 e.